The normalized spacial score (nSPS) is 18.0. The number of nitrogens with zero attached hydrogens (tertiary/aromatic N) is 4. The summed E-state index contributed by atoms with van der Waals surface area (Å²) in [6, 6.07) is 3.46. The molecule has 0 radical (unpaired) electrons. The molecule has 10 nitrogen and oxygen atoms in total. The summed E-state index contributed by atoms with van der Waals surface area (Å²) >= 11 is 0. The average Bonchev–Trinajstić information content (AvgIpc) is 3.13. The maximum atomic E-state index is 12.2. The van der Waals surface area contributed by atoms with Gasteiger partial charge in [0.15, 0.2) is 16.4 Å². The molecule has 1 unspecified atom stereocenters. The quantitative estimate of drug-likeness (QED) is 0.709. The minimum atomic E-state index is -3.20. The number of anilines is 1. The van der Waals surface area contributed by atoms with Crippen molar-refractivity contribution in [3.8, 4) is 5.95 Å². The summed E-state index contributed by atoms with van der Waals surface area (Å²) in [5.41, 5.74) is 2.16. The average molecular weight is 407 g/mol. The van der Waals surface area contributed by atoms with Crippen LogP contribution in [0.15, 0.2) is 12.1 Å². The van der Waals surface area contributed by atoms with Crippen molar-refractivity contribution in [1.29, 1.82) is 0 Å². The predicted octanol–water partition coefficient (Wildman–Crippen LogP) is 0.504. The maximum Gasteiger partial charge on any atom is 0.310 e. The molecule has 28 heavy (non-hydrogen) atoms. The van der Waals surface area contributed by atoms with Gasteiger partial charge in [-0.15, -0.1) is 0 Å². The molecule has 0 spiro atoms. The summed E-state index contributed by atoms with van der Waals surface area (Å²) in [5.74, 6) is -1.58. The van der Waals surface area contributed by atoms with Crippen LogP contribution in [0.5, 0.6) is 0 Å². The molecule has 1 aliphatic rings. The fraction of sp³-hybridized carbons (Fsp3) is 0.471. The zero-order valence-corrected chi connectivity index (χ0v) is 16.6. The van der Waals surface area contributed by atoms with E-state index < -0.39 is 34.2 Å². The fourth-order valence-corrected chi connectivity index (χ4v) is 4.68. The van der Waals surface area contributed by atoms with Gasteiger partial charge in [0.2, 0.25) is 0 Å². The molecule has 1 amide bonds. The van der Waals surface area contributed by atoms with Crippen LogP contribution in [-0.4, -0.2) is 58.2 Å². The van der Waals surface area contributed by atoms with E-state index >= 15 is 0 Å². The Labute approximate surface area is 162 Å². The molecule has 11 heteroatoms. The molecular formula is C17H21N5O5S. The Hall–Kier alpha value is -2.82. The summed E-state index contributed by atoms with van der Waals surface area (Å²) in [5, 5.41) is 6.91. The summed E-state index contributed by atoms with van der Waals surface area (Å²) in [4.78, 5) is 32.8. The van der Waals surface area contributed by atoms with Crippen molar-refractivity contribution in [1.82, 2.24) is 19.7 Å². The number of amides is 1. The molecule has 1 fully saturated rings. The summed E-state index contributed by atoms with van der Waals surface area (Å²) in [6.07, 6.45) is 0.221. The molecule has 1 aliphatic heterocycles. The van der Waals surface area contributed by atoms with Crippen LogP contribution in [0.2, 0.25) is 0 Å². The molecular weight excluding hydrogens is 386 g/mol. The second-order valence-electron chi connectivity index (χ2n) is 6.79. The Kier molecular flexibility index (Phi) is 5.45. The van der Waals surface area contributed by atoms with Crippen molar-refractivity contribution >= 4 is 27.5 Å². The Morgan fingerprint density at radius 3 is 2.46 bits per heavy atom. The third-order valence-electron chi connectivity index (χ3n) is 4.17. The first-order valence-corrected chi connectivity index (χ1v) is 10.5. The van der Waals surface area contributed by atoms with Crippen LogP contribution in [0.3, 0.4) is 0 Å². The zero-order chi connectivity index (χ0) is 20.5. The van der Waals surface area contributed by atoms with Crippen molar-refractivity contribution in [2.75, 3.05) is 23.4 Å². The number of ether oxygens (including phenoxy) is 1. The molecule has 0 aromatic carbocycles. The van der Waals surface area contributed by atoms with E-state index in [2.05, 4.69) is 20.4 Å². The number of rotatable bonds is 5. The van der Waals surface area contributed by atoms with E-state index in [1.165, 1.54) is 4.68 Å². The third kappa shape index (κ3) is 4.71. The standard InChI is InChI=1S/C17H21N5O5S/c1-10-6-11(2)19-17(18-10)22-14(7-12(3)21-22)20-15(23)8-27-16(24)13-4-5-28(25,26)9-13/h6-7,13H,4-5,8-9H2,1-3H3,(H,20,23). The molecule has 3 heterocycles. The number of nitrogens with one attached hydrogen (secondary N) is 1. The molecule has 1 atom stereocenters. The lowest BCUT2D eigenvalue weighted by Gasteiger charge is -2.10. The number of hydrogen-bond donors (Lipinski definition) is 1. The highest BCUT2D eigenvalue weighted by Crippen LogP contribution is 2.20. The van der Waals surface area contributed by atoms with E-state index in [-0.39, 0.29) is 17.9 Å². The van der Waals surface area contributed by atoms with Gasteiger partial charge in [0.05, 0.1) is 23.1 Å². The zero-order valence-electron chi connectivity index (χ0n) is 15.8. The number of esters is 1. The van der Waals surface area contributed by atoms with Crippen LogP contribution in [-0.2, 0) is 24.2 Å². The molecule has 150 valence electrons. The number of aromatic nitrogens is 4. The third-order valence-corrected chi connectivity index (χ3v) is 5.94. The molecule has 3 rings (SSSR count). The molecule has 1 N–H and O–H groups in total. The molecule has 2 aromatic rings. The van der Waals surface area contributed by atoms with Crippen molar-refractivity contribution in [3.63, 3.8) is 0 Å². The number of sulfone groups is 1. The number of carbonyl (C=O) groups is 2. The first kappa shape index (κ1) is 19.9. The predicted molar refractivity (Wildman–Crippen MR) is 99.7 cm³/mol. The Morgan fingerprint density at radius 2 is 1.86 bits per heavy atom. The van der Waals surface area contributed by atoms with E-state index in [0.717, 1.165) is 11.4 Å². The van der Waals surface area contributed by atoms with Crippen molar-refractivity contribution in [2.45, 2.75) is 27.2 Å². The van der Waals surface area contributed by atoms with Gasteiger partial charge >= 0.3 is 5.97 Å². The molecule has 0 saturated carbocycles. The van der Waals surface area contributed by atoms with Gasteiger partial charge < -0.3 is 10.1 Å². The highest BCUT2D eigenvalue weighted by molar-refractivity contribution is 7.91. The van der Waals surface area contributed by atoms with Gasteiger partial charge in [-0.25, -0.2) is 18.4 Å². The van der Waals surface area contributed by atoms with E-state index in [1.807, 2.05) is 19.9 Å². The fourth-order valence-electron chi connectivity index (χ4n) is 2.96. The lowest BCUT2D eigenvalue weighted by Crippen LogP contribution is -2.26. The summed E-state index contributed by atoms with van der Waals surface area (Å²) in [6.45, 7) is 4.90. The van der Waals surface area contributed by atoms with Gasteiger partial charge in [0.1, 0.15) is 5.82 Å². The Bertz CT molecular complexity index is 1010. The summed E-state index contributed by atoms with van der Waals surface area (Å²) < 4.78 is 29.2. The molecule has 1 saturated heterocycles. The number of hydrogen-bond acceptors (Lipinski definition) is 8. The van der Waals surface area contributed by atoms with E-state index in [9.17, 15) is 18.0 Å². The van der Waals surface area contributed by atoms with Crippen molar-refractivity contribution in [3.05, 3.63) is 29.2 Å². The van der Waals surface area contributed by atoms with Gasteiger partial charge in [0, 0.05) is 17.5 Å². The maximum absolute atomic E-state index is 12.2. The van der Waals surface area contributed by atoms with Gasteiger partial charge in [-0.1, -0.05) is 0 Å². The van der Waals surface area contributed by atoms with Crippen LogP contribution in [0, 0.1) is 26.7 Å². The second kappa shape index (κ2) is 7.66. The topological polar surface area (TPSA) is 133 Å². The molecule has 0 bridgehead atoms. The summed E-state index contributed by atoms with van der Waals surface area (Å²) in [7, 11) is -3.20. The SMILES string of the molecule is Cc1cc(C)nc(-n2nc(C)cc2NC(=O)COC(=O)C2CCS(=O)(=O)C2)n1. The van der Waals surface area contributed by atoms with Crippen LogP contribution in [0.4, 0.5) is 5.82 Å². The van der Waals surface area contributed by atoms with Crippen molar-refractivity contribution < 1.29 is 22.7 Å². The largest absolute Gasteiger partial charge is 0.455 e. The highest BCUT2D eigenvalue weighted by Gasteiger charge is 2.34. The minimum Gasteiger partial charge on any atom is -0.455 e. The minimum absolute atomic E-state index is 0.0344. The lowest BCUT2D eigenvalue weighted by atomic mass is 10.1. The van der Waals surface area contributed by atoms with Crippen LogP contribution in [0.1, 0.15) is 23.5 Å². The molecule has 0 aliphatic carbocycles. The first-order valence-electron chi connectivity index (χ1n) is 8.69. The Morgan fingerprint density at radius 1 is 1.18 bits per heavy atom. The van der Waals surface area contributed by atoms with Crippen LogP contribution < -0.4 is 5.32 Å². The van der Waals surface area contributed by atoms with Gasteiger partial charge in [-0.05, 0) is 33.3 Å². The Balaban J connectivity index is 1.65. The number of carbonyl (C=O) groups excluding carboxylic acids is 2. The first-order chi connectivity index (χ1) is 13.1. The number of aryl methyl sites for hydroxylation is 3. The smallest absolute Gasteiger partial charge is 0.310 e. The van der Waals surface area contributed by atoms with E-state index in [1.54, 1.807) is 13.0 Å². The van der Waals surface area contributed by atoms with Crippen LogP contribution >= 0.6 is 0 Å². The van der Waals surface area contributed by atoms with Crippen LogP contribution in [0.25, 0.3) is 5.95 Å². The van der Waals surface area contributed by atoms with E-state index in [4.69, 9.17) is 4.74 Å². The van der Waals surface area contributed by atoms with Crippen molar-refractivity contribution in [2.24, 2.45) is 5.92 Å². The highest BCUT2D eigenvalue weighted by atomic mass is 32.2. The van der Waals surface area contributed by atoms with E-state index in [0.29, 0.717) is 17.5 Å². The second-order valence-corrected chi connectivity index (χ2v) is 9.02. The lowest BCUT2D eigenvalue weighted by molar-refractivity contribution is -0.150. The van der Waals surface area contributed by atoms with Gasteiger partial charge in [-0.2, -0.15) is 9.78 Å². The van der Waals surface area contributed by atoms with Gasteiger partial charge in [-0.3, -0.25) is 9.59 Å². The monoisotopic (exact) mass is 407 g/mol. The molecule has 2 aromatic heterocycles. The van der Waals surface area contributed by atoms with Gasteiger partial charge in [0.25, 0.3) is 11.9 Å².